The summed E-state index contributed by atoms with van der Waals surface area (Å²) in [5, 5.41) is 6.56. The molecule has 1 aromatic heterocycles. The fourth-order valence-electron chi connectivity index (χ4n) is 4.79. The van der Waals surface area contributed by atoms with E-state index in [-0.39, 0.29) is 11.8 Å². The summed E-state index contributed by atoms with van der Waals surface area (Å²) in [6, 6.07) is 9.17. The predicted octanol–water partition coefficient (Wildman–Crippen LogP) is 3.62. The van der Waals surface area contributed by atoms with Crippen molar-refractivity contribution < 1.29 is 4.79 Å². The van der Waals surface area contributed by atoms with Crippen LogP contribution in [0.2, 0.25) is 0 Å². The van der Waals surface area contributed by atoms with E-state index in [0.29, 0.717) is 6.04 Å². The smallest absolute Gasteiger partial charge is 0.223 e. The molecule has 0 spiro atoms. The summed E-state index contributed by atoms with van der Waals surface area (Å²) in [5.74, 6) is 0.396. The summed E-state index contributed by atoms with van der Waals surface area (Å²) < 4.78 is 0. The standard InChI is InChI=1S/C24H34N4OS/c1-3-23(28-13-10-19-6-4-5-7-21(19)15-28)14-25-24(29)20-8-11-27(12-9-20)16-22-17-30-18(2)26-22/h4-7,17,20,23H,3,8-16H2,1-2H3,(H,25,29). The maximum atomic E-state index is 12.8. The van der Waals surface area contributed by atoms with Crippen molar-refractivity contribution in [2.45, 2.75) is 58.7 Å². The van der Waals surface area contributed by atoms with Gasteiger partial charge in [-0.05, 0) is 56.8 Å². The van der Waals surface area contributed by atoms with Gasteiger partial charge in [0.25, 0.3) is 0 Å². The van der Waals surface area contributed by atoms with Gasteiger partial charge in [-0.15, -0.1) is 11.3 Å². The predicted molar refractivity (Wildman–Crippen MR) is 122 cm³/mol. The lowest BCUT2D eigenvalue weighted by Gasteiger charge is -2.36. The SMILES string of the molecule is CCC(CNC(=O)C1CCN(Cc2csc(C)n2)CC1)N1CCc2ccccc2C1. The third kappa shape index (κ3) is 5.29. The van der Waals surface area contributed by atoms with E-state index in [1.807, 2.05) is 0 Å². The van der Waals surface area contributed by atoms with E-state index in [4.69, 9.17) is 0 Å². The molecule has 0 bridgehead atoms. The first-order valence-electron chi connectivity index (χ1n) is 11.3. The number of thiazole rings is 1. The first kappa shape index (κ1) is 21.5. The van der Waals surface area contributed by atoms with Crippen LogP contribution in [0, 0.1) is 12.8 Å². The summed E-state index contributed by atoms with van der Waals surface area (Å²) in [6.45, 7) is 10.00. The molecule has 1 saturated heterocycles. The zero-order valence-electron chi connectivity index (χ0n) is 18.3. The van der Waals surface area contributed by atoms with Crippen LogP contribution in [-0.4, -0.2) is 52.9 Å². The van der Waals surface area contributed by atoms with Gasteiger partial charge in [0.2, 0.25) is 5.91 Å². The number of hydrogen-bond acceptors (Lipinski definition) is 5. The van der Waals surface area contributed by atoms with E-state index < -0.39 is 0 Å². The Balaban J connectivity index is 1.22. The Morgan fingerprint density at radius 1 is 1.23 bits per heavy atom. The molecule has 3 heterocycles. The van der Waals surface area contributed by atoms with Crippen LogP contribution < -0.4 is 5.32 Å². The van der Waals surface area contributed by atoms with Crippen LogP contribution in [0.3, 0.4) is 0 Å². The number of aromatic nitrogens is 1. The third-order valence-electron chi connectivity index (χ3n) is 6.67. The molecule has 2 aliphatic rings. The summed E-state index contributed by atoms with van der Waals surface area (Å²) in [7, 11) is 0. The Morgan fingerprint density at radius 2 is 2.00 bits per heavy atom. The second-order valence-electron chi connectivity index (χ2n) is 8.70. The number of fused-ring (bicyclic) bond motifs is 1. The molecular weight excluding hydrogens is 392 g/mol. The summed E-state index contributed by atoms with van der Waals surface area (Å²) in [6.07, 6.45) is 4.07. The average Bonchev–Trinajstić information content (AvgIpc) is 3.19. The Labute approximate surface area is 184 Å². The Hall–Kier alpha value is -1.76. The molecule has 1 atom stereocenters. The fraction of sp³-hybridized carbons (Fsp3) is 0.583. The Bertz CT molecular complexity index is 843. The highest BCUT2D eigenvalue weighted by atomic mass is 32.1. The minimum atomic E-state index is 0.151. The van der Waals surface area contributed by atoms with E-state index in [1.54, 1.807) is 11.3 Å². The monoisotopic (exact) mass is 426 g/mol. The van der Waals surface area contributed by atoms with Gasteiger partial charge in [-0.3, -0.25) is 14.6 Å². The van der Waals surface area contributed by atoms with Crippen LogP contribution in [0.15, 0.2) is 29.6 Å². The van der Waals surface area contributed by atoms with E-state index >= 15 is 0 Å². The van der Waals surface area contributed by atoms with Gasteiger partial charge in [-0.2, -0.15) is 0 Å². The number of rotatable bonds is 7. The number of piperidine rings is 1. The molecule has 1 aromatic carbocycles. The molecule has 4 rings (SSSR count). The second kappa shape index (κ2) is 10.0. The molecule has 0 aliphatic carbocycles. The average molecular weight is 427 g/mol. The number of benzene rings is 1. The number of hydrogen-bond donors (Lipinski definition) is 1. The highest BCUT2D eigenvalue weighted by Gasteiger charge is 2.27. The lowest BCUT2D eigenvalue weighted by atomic mass is 9.95. The zero-order chi connectivity index (χ0) is 20.9. The van der Waals surface area contributed by atoms with Crippen molar-refractivity contribution in [2.24, 2.45) is 5.92 Å². The number of amides is 1. The highest BCUT2D eigenvalue weighted by molar-refractivity contribution is 7.09. The van der Waals surface area contributed by atoms with Crippen LogP contribution in [-0.2, 0) is 24.3 Å². The van der Waals surface area contributed by atoms with Crippen molar-refractivity contribution in [1.29, 1.82) is 0 Å². The van der Waals surface area contributed by atoms with Gasteiger partial charge in [-0.1, -0.05) is 31.2 Å². The molecule has 2 aliphatic heterocycles. The van der Waals surface area contributed by atoms with E-state index in [2.05, 4.69) is 63.6 Å². The second-order valence-corrected chi connectivity index (χ2v) is 9.77. The maximum Gasteiger partial charge on any atom is 0.223 e. The van der Waals surface area contributed by atoms with Gasteiger partial charge in [-0.25, -0.2) is 4.98 Å². The number of carbonyl (C=O) groups excluding carboxylic acids is 1. The normalized spacial score (nSPS) is 19.4. The van der Waals surface area contributed by atoms with Crippen molar-refractivity contribution in [3.8, 4) is 0 Å². The topological polar surface area (TPSA) is 48.5 Å². The van der Waals surface area contributed by atoms with Crippen LogP contribution >= 0.6 is 11.3 Å². The van der Waals surface area contributed by atoms with Gasteiger partial charge in [0, 0.05) is 43.5 Å². The Morgan fingerprint density at radius 3 is 2.70 bits per heavy atom. The molecule has 2 aromatic rings. The molecule has 162 valence electrons. The third-order valence-corrected chi connectivity index (χ3v) is 7.49. The molecule has 1 fully saturated rings. The van der Waals surface area contributed by atoms with Gasteiger partial charge in [0.1, 0.15) is 0 Å². The molecule has 1 amide bonds. The number of nitrogens with zero attached hydrogens (tertiary/aromatic N) is 3. The molecule has 0 radical (unpaired) electrons. The van der Waals surface area contributed by atoms with Gasteiger partial charge in [0.05, 0.1) is 10.7 Å². The fourth-order valence-corrected chi connectivity index (χ4v) is 5.39. The summed E-state index contributed by atoms with van der Waals surface area (Å²) in [4.78, 5) is 22.3. The molecule has 0 saturated carbocycles. The van der Waals surface area contributed by atoms with Crippen molar-refractivity contribution in [2.75, 3.05) is 26.2 Å². The maximum absolute atomic E-state index is 12.8. The zero-order valence-corrected chi connectivity index (χ0v) is 19.1. The van der Waals surface area contributed by atoms with Crippen LogP contribution in [0.1, 0.15) is 48.0 Å². The molecule has 1 N–H and O–H groups in total. The van der Waals surface area contributed by atoms with Crippen molar-refractivity contribution in [3.05, 3.63) is 51.5 Å². The molecule has 1 unspecified atom stereocenters. The number of nitrogens with one attached hydrogen (secondary N) is 1. The molecule has 30 heavy (non-hydrogen) atoms. The first-order chi connectivity index (χ1) is 14.6. The molecule has 5 nitrogen and oxygen atoms in total. The summed E-state index contributed by atoms with van der Waals surface area (Å²) in [5.41, 5.74) is 4.08. The van der Waals surface area contributed by atoms with E-state index in [9.17, 15) is 4.79 Å². The largest absolute Gasteiger partial charge is 0.354 e. The van der Waals surface area contributed by atoms with Crippen molar-refractivity contribution >= 4 is 17.2 Å². The van der Waals surface area contributed by atoms with E-state index in [0.717, 1.165) is 75.7 Å². The minimum absolute atomic E-state index is 0.151. The summed E-state index contributed by atoms with van der Waals surface area (Å²) >= 11 is 1.71. The van der Waals surface area contributed by atoms with Gasteiger partial charge in [0.15, 0.2) is 0 Å². The lowest BCUT2D eigenvalue weighted by molar-refractivity contribution is -0.126. The van der Waals surface area contributed by atoms with Gasteiger partial charge < -0.3 is 5.32 Å². The first-order valence-corrected chi connectivity index (χ1v) is 12.2. The van der Waals surface area contributed by atoms with Crippen LogP contribution in [0.4, 0.5) is 0 Å². The van der Waals surface area contributed by atoms with Crippen LogP contribution in [0.25, 0.3) is 0 Å². The molecular formula is C24H34N4OS. The van der Waals surface area contributed by atoms with E-state index in [1.165, 1.54) is 11.1 Å². The quantitative estimate of drug-likeness (QED) is 0.735. The van der Waals surface area contributed by atoms with Gasteiger partial charge >= 0.3 is 0 Å². The number of likely N-dealkylation sites (tertiary alicyclic amines) is 1. The Kier molecular flexibility index (Phi) is 7.18. The highest BCUT2D eigenvalue weighted by Crippen LogP contribution is 2.22. The number of carbonyl (C=O) groups is 1. The van der Waals surface area contributed by atoms with Crippen molar-refractivity contribution in [1.82, 2.24) is 20.1 Å². The van der Waals surface area contributed by atoms with Crippen LogP contribution in [0.5, 0.6) is 0 Å². The minimum Gasteiger partial charge on any atom is -0.354 e. The lowest BCUT2D eigenvalue weighted by Crippen LogP contribution is -2.47. The molecule has 6 heteroatoms. The number of aryl methyl sites for hydroxylation is 1. The van der Waals surface area contributed by atoms with Crippen molar-refractivity contribution in [3.63, 3.8) is 0 Å².